The van der Waals surface area contributed by atoms with Gasteiger partial charge in [0.15, 0.2) is 0 Å². The van der Waals surface area contributed by atoms with Crippen molar-refractivity contribution >= 4 is 10.9 Å². The normalized spacial score (nSPS) is 17.2. The summed E-state index contributed by atoms with van der Waals surface area (Å²) in [5.74, 6) is 1.81. The lowest BCUT2D eigenvalue weighted by Gasteiger charge is -2.22. The lowest BCUT2D eigenvalue weighted by Crippen LogP contribution is -2.13. The molecule has 2 aromatic rings. The van der Waals surface area contributed by atoms with Gasteiger partial charge in [-0.2, -0.15) is 0 Å². The fourth-order valence-electron chi connectivity index (χ4n) is 3.11. The van der Waals surface area contributed by atoms with Gasteiger partial charge in [0.1, 0.15) is 5.75 Å². The highest BCUT2D eigenvalue weighted by atomic mass is 16.5. The van der Waals surface area contributed by atoms with Gasteiger partial charge < -0.3 is 9.30 Å². The van der Waals surface area contributed by atoms with Crippen molar-refractivity contribution in [3.8, 4) is 5.75 Å². The Morgan fingerprint density at radius 1 is 1.17 bits per heavy atom. The fourth-order valence-corrected chi connectivity index (χ4v) is 3.11. The molecule has 0 atom stereocenters. The number of methoxy groups -OCH3 is 1. The molecule has 0 aliphatic heterocycles. The molecule has 0 spiro atoms. The van der Waals surface area contributed by atoms with Crippen LogP contribution in [0.5, 0.6) is 5.75 Å². The molecule has 0 saturated heterocycles. The quantitative estimate of drug-likeness (QED) is 0.787. The molecule has 18 heavy (non-hydrogen) atoms. The van der Waals surface area contributed by atoms with Crippen molar-refractivity contribution in [2.45, 2.75) is 38.6 Å². The van der Waals surface area contributed by atoms with E-state index in [-0.39, 0.29) is 0 Å². The molecule has 1 fully saturated rings. The van der Waals surface area contributed by atoms with Gasteiger partial charge in [0.2, 0.25) is 0 Å². The van der Waals surface area contributed by atoms with Crippen molar-refractivity contribution in [3.63, 3.8) is 0 Å². The van der Waals surface area contributed by atoms with Crippen LogP contribution >= 0.6 is 0 Å². The summed E-state index contributed by atoms with van der Waals surface area (Å²) >= 11 is 0. The third-order valence-electron chi connectivity index (χ3n) is 4.16. The van der Waals surface area contributed by atoms with Gasteiger partial charge in [-0.25, -0.2) is 0 Å². The number of benzene rings is 1. The lowest BCUT2D eigenvalue weighted by molar-refractivity contribution is 0.322. The van der Waals surface area contributed by atoms with Crippen LogP contribution in [0.15, 0.2) is 30.5 Å². The second-order valence-corrected chi connectivity index (χ2v) is 5.40. The average molecular weight is 243 g/mol. The van der Waals surface area contributed by atoms with Crippen molar-refractivity contribution in [2.24, 2.45) is 5.92 Å². The van der Waals surface area contributed by atoms with Crippen LogP contribution < -0.4 is 4.74 Å². The zero-order valence-electron chi connectivity index (χ0n) is 11.1. The predicted octanol–water partition coefficient (Wildman–Crippen LogP) is 4.23. The Hall–Kier alpha value is -1.44. The maximum Gasteiger partial charge on any atom is 0.119 e. The minimum absolute atomic E-state index is 0.872. The van der Waals surface area contributed by atoms with Crippen LogP contribution in [0.3, 0.4) is 0 Å². The van der Waals surface area contributed by atoms with Crippen molar-refractivity contribution in [2.75, 3.05) is 7.11 Å². The van der Waals surface area contributed by atoms with Gasteiger partial charge in [0.25, 0.3) is 0 Å². The van der Waals surface area contributed by atoms with Gasteiger partial charge in [-0.05, 0) is 43.0 Å². The number of ether oxygens (including phenoxy) is 1. The van der Waals surface area contributed by atoms with Crippen LogP contribution in [0.25, 0.3) is 10.9 Å². The van der Waals surface area contributed by atoms with E-state index in [0.29, 0.717) is 0 Å². The van der Waals surface area contributed by atoms with E-state index in [0.717, 1.165) is 11.7 Å². The van der Waals surface area contributed by atoms with Crippen LogP contribution in [0.1, 0.15) is 32.1 Å². The van der Waals surface area contributed by atoms with E-state index in [1.165, 1.54) is 49.6 Å². The van der Waals surface area contributed by atoms with Crippen molar-refractivity contribution < 1.29 is 4.74 Å². The molecular weight excluding hydrogens is 222 g/mol. The Labute approximate surface area is 109 Å². The van der Waals surface area contributed by atoms with E-state index in [4.69, 9.17) is 4.74 Å². The van der Waals surface area contributed by atoms with Gasteiger partial charge in [-0.1, -0.05) is 19.3 Å². The number of rotatable bonds is 3. The second kappa shape index (κ2) is 5.05. The number of aromatic nitrogens is 1. The molecule has 96 valence electrons. The van der Waals surface area contributed by atoms with Gasteiger partial charge >= 0.3 is 0 Å². The zero-order valence-corrected chi connectivity index (χ0v) is 11.1. The largest absolute Gasteiger partial charge is 0.497 e. The molecule has 0 unspecified atom stereocenters. The van der Waals surface area contributed by atoms with Gasteiger partial charge in [-0.15, -0.1) is 0 Å². The van der Waals surface area contributed by atoms with Crippen LogP contribution in [0, 0.1) is 5.92 Å². The first-order chi connectivity index (χ1) is 8.86. The molecule has 0 amide bonds. The highest BCUT2D eigenvalue weighted by molar-refractivity contribution is 5.81. The molecule has 3 rings (SSSR count). The van der Waals surface area contributed by atoms with Crippen molar-refractivity contribution in [1.29, 1.82) is 0 Å². The van der Waals surface area contributed by atoms with Crippen molar-refractivity contribution in [3.05, 3.63) is 30.5 Å². The summed E-state index contributed by atoms with van der Waals surface area (Å²) in [5, 5.41) is 1.28. The molecule has 1 aromatic heterocycles. The maximum atomic E-state index is 5.27. The summed E-state index contributed by atoms with van der Waals surface area (Å²) in [6, 6.07) is 8.55. The van der Waals surface area contributed by atoms with Crippen LogP contribution in [0.4, 0.5) is 0 Å². The Morgan fingerprint density at radius 3 is 2.78 bits per heavy atom. The molecule has 1 aliphatic carbocycles. The summed E-state index contributed by atoms with van der Waals surface area (Å²) in [7, 11) is 1.72. The van der Waals surface area contributed by atoms with E-state index in [9.17, 15) is 0 Å². The Bertz CT molecular complexity index is 523. The maximum absolute atomic E-state index is 5.27. The molecular formula is C16H21NO. The molecule has 1 saturated carbocycles. The second-order valence-electron chi connectivity index (χ2n) is 5.40. The van der Waals surface area contributed by atoms with E-state index in [1.54, 1.807) is 7.11 Å². The standard InChI is InChI=1S/C16H21NO/c1-18-15-7-8-16-14(11-15)9-10-17(16)12-13-5-3-2-4-6-13/h7-11,13H,2-6,12H2,1H3. The fraction of sp³-hybridized carbons (Fsp3) is 0.500. The van der Waals surface area contributed by atoms with E-state index < -0.39 is 0 Å². The van der Waals surface area contributed by atoms with Gasteiger partial charge in [0, 0.05) is 23.6 Å². The Morgan fingerprint density at radius 2 is 2.00 bits per heavy atom. The minimum Gasteiger partial charge on any atom is -0.497 e. The lowest BCUT2D eigenvalue weighted by atomic mass is 9.89. The molecule has 0 N–H and O–H groups in total. The monoisotopic (exact) mass is 243 g/mol. The number of hydrogen-bond acceptors (Lipinski definition) is 1. The number of nitrogens with zero attached hydrogens (tertiary/aromatic N) is 1. The average Bonchev–Trinajstić information content (AvgIpc) is 2.82. The zero-order chi connectivity index (χ0) is 12.4. The van der Waals surface area contributed by atoms with Crippen LogP contribution in [0.2, 0.25) is 0 Å². The minimum atomic E-state index is 0.872. The molecule has 1 aromatic carbocycles. The van der Waals surface area contributed by atoms with Gasteiger partial charge in [0.05, 0.1) is 7.11 Å². The summed E-state index contributed by atoms with van der Waals surface area (Å²) < 4.78 is 7.68. The smallest absolute Gasteiger partial charge is 0.119 e. The highest BCUT2D eigenvalue weighted by Gasteiger charge is 2.14. The van der Waals surface area contributed by atoms with Crippen molar-refractivity contribution in [1.82, 2.24) is 4.57 Å². The summed E-state index contributed by atoms with van der Waals surface area (Å²) in [5.41, 5.74) is 1.33. The molecule has 0 bridgehead atoms. The van der Waals surface area contributed by atoms with Crippen LogP contribution in [-0.2, 0) is 6.54 Å². The third kappa shape index (κ3) is 2.24. The number of hydrogen-bond donors (Lipinski definition) is 0. The van der Waals surface area contributed by atoms with Crippen LogP contribution in [-0.4, -0.2) is 11.7 Å². The first-order valence-corrected chi connectivity index (χ1v) is 7.00. The predicted molar refractivity (Wildman–Crippen MR) is 75.1 cm³/mol. The van der Waals surface area contributed by atoms with E-state index in [1.807, 2.05) is 0 Å². The first-order valence-electron chi connectivity index (χ1n) is 7.00. The molecule has 2 heteroatoms. The summed E-state index contributed by atoms with van der Waals surface area (Å²) in [4.78, 5) is 0. The SMILES string of the molecule is COc1ccc2c(ccn2CC2CCCCC2)c1. The van der Waals surface area contributed by atoms with E-state index in [2.05, 4.69) is 35.0 Å². The Kier molecular flexibility index (Phi) is 3.26. The summed E-state index contributed by atoms with van der Waals surface area (Å²) in [6.45, 7) is 1.18. The number of fused-ring (bicyclic) bond motifs is 1. The molecule has 0 radical (unpaired) electrons. The summed E-state index contributed by atoms with van der Waals surface area (Å²) in [6.07, 6.45) is 9.28. The molecule has 2 nitrogen and oxygen atoms in total. The van der Waals surface area contributed by atoms with E-state index >= 15 is 0 Å². The van der Waals surface area contributed by atoms with Gasteiger partial charge in [-0.3, -0.25) is 0 Å². The Balaban J connectivity index is 1.83. The topological polar surface area (TPSA) is 14.2 Å². The third-order valence-corrected chi connectivity index (χ3v) is 4.16. The molecule has 1 aliphatic rings. The molecule has 1 heterocycles. The highest BCUT2D eigenvalue weighted by Crippen LogP contribution is 2.28. The first kappa shape index (κ1) is 11.6.